The maximum Gasteiger partial charge on any atom is 0.175 e. The summed E-state index contributed by atoms with van der Waals surface area (Å²) in [5.41, 5.74) is 6.69. The Morgan fingerprint density at radius 1 is 0.913 bits per heavy atom. The van der Waals surface area contributed by atoms with Gasteiger partial charge in [-0.05, 0) is 18.1 Å². The fraction of sp³-hybridized carbons (Fsp3) is 0.150. The van der Waals surface area contributed by atoms with Gasteiger partial charge in [-0.3, -0.25) is 4.68 Å². The Morgan fingerprint density at radius 3 is 2.48 bits per heavy atom. The summed E-state index contributed by atoms with van der Waals surface area (Å²) in [6, 6.07) is 20.9. The molecule has 0 spiro atoms. The zero-order valence-corrected chi connectivity index (χ0v) is 13.1. The number of rotatable bonds is 4. The summed E-state index contributed by atoms with van der Waals surface area (Å²) in [6.07, 6.45) is 2.53. The molecule has 3 heteroatoms. The number of hydrogen-bond donors (Lipinski definition) is 0. The van der Waals surface area contributed by atoms with Gasteiger partial charge in [-0.25, -0.2) is 0 Å². The van der Waals surface area contributed by atoms with Crippen LogP contribution in [0.15, 0.2) is 71.3 Å². The fourth-order valence-corrected chi connectivity index (χ4v) is 2.86. The van der Waals surface area contributed by atoms with Crippen molar-refractivity contribution in [3.05, 3.63) is 89.3 Å². The van der Waals surface area contributed by atoms with E-state index in [2.05, 4.69) is 55.5 Å². The minimum Gasteiger partial charge on any atom is -0.461 e. The zero-order valence-electron chi connectivity index (χ0n) is 13.1. The number of furan rings is 1. The lowest BCUT2D eigenvalue weighted by Crippen LogP contribution is -2.02. The lowest BCUT2D eigenvalue weighted by molar-refractivity contribution is 0.609. The van der Waals surface area contributed by atoms with Crippen molar-refractivity contribution >= 4 is 11.1 Å². The molecule has 2 aromatic heterocycles. The molecule has 0 fully saturated rings. The van der Waals surface area contributed by atoms with E-state index in [-0.39, 0.29) is 0 Å². The van der Waals surface area contributed by atoms with E-state index in [0.29, 0.717) is 0 Å². The van der Waals surface area contributed by atoms with Gasteiger partial charge < -0.3 is 4.42 Å². The van der Waals surface area contributed by atoms with Crippen LogP contribution in [-0.4, -0.2) is 9.78 Å². The molecule has 0 aliphatic heterocycles. The molecular weight excluding hydrogens is 284 g/mol. The predicted octanol–water partition coefficient (Wildman–Crippen LogP) is 4.58. The molecule has 0 saturated heterocycles. The Morgan fingerprint density at radius 2 is 1.70 bits per heavy atom. The highest BCUT2D eigenvalue weighted by Crippen LogP contribution is 2.23. The maximum atomic E-state index is 5.68. The molecule has 114 valence electrons. The molecule has 4 aromatic rings. The Hall–Kier alpha value is -2.81. The molecule has 4 rings (SSSR count). The zero-order chi connectivity index (χ0) is 15.6. The van der Waals surface area contributed by atoms with Crippen molar-refractivity contribution in [1.29, 1.82) is 0 Å². The first-order valence-electron chi connectivity index (χ1n) is 7.82. The van der Waals surface area contributed by atoms with E-state index in [1.165, 1.54) is 16.7 Å². The van der Waals surface area contributed by atoms with E-state index >= 15 is 0 Å². The SMILES string of the molecule is Cc1ccc(Cc2nn(Cc3ccccc3)c3ccoc23)cc1. The largest absolute Gasteiger partial charge is 0.461 e. The Labute approximate surface area is 135 Å². The standard InChI is InChI=1S/C20H18N2O/c1-15-7-9-16(10-8-15)13-18-20-19(11-12-23-20)22(21-18)14-17-5-3-2-4-6-17/h2-12H,13-14H2,1H3. The molecule has 23 heavy (non-hydrogen) atoms. The molecule has 0 unspecified atom stereocenters. The first kappa shape index (κ1) is 13.8. The summed E-state index contributed by atoms with van der Waals surface area (Å²) in [5.74, 6) is 0. The van der Waals surface area contributed by atoms with Gasteiger partial charge in [0, 0.05) is 12.5 Å². The van der Waals surface area contributed by atoms with Crippen molar-refractivity contribution in [1.82, 2.24) is 9.78 Å². The summed E-state index contributed by atoms with van der Waals surface area (Å²) in [4.78, 5) is 0. The third kappa shape index (κ3) is 2.78. The van der Waals surface area contributed by atoms with Crippen LogP contribution in [-0.2, 0) is 13.0 Å². The van der Waals surface area contributed by atoms with Crippen LogP contribution in [0.4, 0.5) is 0 Å². The van der Waals surface area contributed by atoms with Crippen molar-refractivity contribution in [2.24, 2.45) is 0 Å². The molecule has 0 atom stereocenters. The number of aryl methyl sites for hydroxylation is 1. The first-order valence-corrected chi connectivity index (χ1v) is 7.82. The maximum absolute atomic E-state index is 5.68. The van der Waals surface area contributed by atoms with Crippen molar-refractivity contribution in [3.63, 3.8) is 0 Å². The summed E-state index contributed by atoms with van der Waals surface area (Å²) >= 11 is 0. The topological polar surface area (TPSA) is 31.0 Å². The highest BCUT2D eigenvalue weighted by molar-refractivity contribution is 5.76. The second kappa shape index (κ2) is 5.76. The van der Waals surface area contributed by atoms with E-state index < -0.39 is 0 Å². The molecule has 0 saturated carbocycles. The smallest absolute Gasteiger partial charge is 0.175 e. The molecule has 0 aliphatic rings. The van der Waals surface area contributed by atoms with Gasteiger partial charge in [0.25, 0.3) is 0 Å². The molecule has 3 nitrogen and oxygen atoms in total. The van der Waals surface area contributed by atoms with E-state index in [1.54, 1.807) is 6.26 Å². The van der Waals surface area contributed by atoms with Crippen molar-refractivity contribution in [3.8, 4) is 0 Å². The third-order valence-corrected chi connectivity index (χ3v) is 4.09. The van der Waals surface area contributed by atoms with E-state index in [4.69, 9.17) is 9.52 Å². The number of benzene rings is 2. The van der Waals surface area contributed by atoms with E-state index in [1.807, 2.05) is 16.8 Å². The van der Waals surface area contributed by atoms with Crippen LogP contribution >= 0.6 is 0 Å². The number of hydrogen-bond acceptors (Lipinski definition) is 2. The molecule has 0 amide bonds. The lowest BCUT2D eigenvalue weighted by Gasteiger charge is -2.02. The fourth-order valence-electron chi connectivity index (χ4n) is 2.86. The summed E-state index contributed by atoms with van der Waals surface area (Å²) in [6.45, 7) is 2.86. The van der Waals surface area contributed by atoms with E-state index in [0.717, 1.165) is 29.8 Å². The minimum absolute atomic E-state index is 0.755. The second-order valence-electron chi connectivity index (χ2n) is 5.89. The van der Waals surface area contributed by atoms with Crippen LogP contribution in [0.1, 0.15) is 22.4 Å². The second-order valence-corrected chi connectivity index (χ2v) is 5.89. The van der Waals surface area contributed by atoms with Gasteiger partial charge in [-0.15, -0.1) is 0 Å². The minimum atomic E-state index is 0.755. The van der Waals surface area contributed by atoms with Crippen LogP contribution in [0, 0.1) is 6.92 Å². The number of nitrogens with zero attached hydrogens (tertiary/aromatic N) is 2. The molecule has 0 radical (unpaired) electrons. The average Bonchev–Trinajstić information content (AvgIpc) is 3.16. The number of fused-ring (bicyclic) bond motifs is 1. The van der Waals surface area contributed by atoms with Gasteiger partial charge >= 0.3 is 0 Å². The van der Waals surface area contributed by atoms with Crippen molar-refractivity contribution in [2.75, 3.05) is 0 Å². The Kier molecular flexibility index (Phi) is 3.46. The molecular formula is C20H18N2O. The first-order chi connectivity index (χ1) is 11.3. The average molecular weight is 302 g/mol. The molecule has 0 N–H and O–H groups in total. The van der Waals surface area contributed by atoms with Crippen molar-refractivity contribution in [2.45, 2.75) is 19.9 Å². The number of aromatic nitrogens is 2. The third-order valence-electron chi connectivity index (χ3n) is 4.09. The monoisotopic (exact) mass is 302 g/mol. The van der Waals surface area contributed by atoms with Crippen LogP contribution in [0.5, 0.6) is 0 Å². The van der Waals surface area contributed by atoms with Gasteiger partial charge in [-0.1, -0.05) is 60.2 Å². The molecule has 0 bridgehead atoms. The predicted molar refractivity (Wildman–Crippen MR) is 91.5 cm³/mol. The van der Waals surface area contributed by atoms with Gasteiger partial charge in [0.15, 0.2) is 5.58 Å². The van der Waals surface area contributed by atoms with Crippen LogP contribution in [0.3, 0.4) is 0 Å². The Bertz CT molecular complexity index is 917. The highest BCUT2D eigenvalue weighted by atomic mass is 16.3. The summed E-state index contributed by atoms with van der Waals surface area (Å²) in [7, 11) is 0. The normalized spacial score (nSPS) is 11.2. The molecule has 2 heterocycles. The van der Waals surface area contributed by atoms with Gasteiger partial charge in [0.2, 0.25) is 0 Å². The summed E-state index contributed by atoms with van der Waals surface area (Å²) in [5, 5.41) is 4.79. The summed E-state index contributed by atoms with van der Waals surface area (Å²) < 4.78 is 7.71. The van der Waals surface area contributed by atoms with Crippen molar-refractivity contribution < 1.29 is 4.42 Å². The molecule has 2 aromatic carbocycles. The van der Waals surface area contributed by atoms with Crippen LogP contribution < -0.4 is 0 Å². The van der Waals surface area contributed by atoms with Gasteiger partial charge in [-0.2, -0.15) is 5.10 Å². The molecule has 0 aliphatic carbocycles. The van der Waals surface area contributed by atoms with Crippen LogP contribution in [0.2, 0.25) is 0 Å². The van der Waals surface area contributed by atoms with Gasteiger partial charge in [0.1, 0.15) is 11.2 Å². The van der Waals surface area contributed by atoms with E-state index in [9.17, 15) is 0 Å². The Balaban J connectivity index is 1.68. The highest BCUT2D eigenvalue weighted by Gasteiger charge is 2.14. The van der Waals surface area contributed by atoms with Crippen LogP contribution in [0.25, 0.3) is 11.1 Å². The lowest BCUT2D eigenvalue weighted by atomic mass is 10.1. The quantitative estimate of drug-likeness (QED) is 0.552. The van der Waals surface area contributed by atoms with Gasteiger partial charge in [0.05, 0.1) is 12.8 Å².